The first kappa shape index (κ1) is 21.6. The minimum Gasteiger partial charge on any atom is -0.360 e. The van der Waals surface area contributed by atoms with E-state index >= 15 is 0 Å². The molecule has 2 aromatic carbocycles. The van der Waals surface area contributed by atoms with Gasteiger partial charge in [0.15, 0.2) is 0 Å². The second kappa shape index (κ2) is 8.71. The van der Waals surface area contributed by atoms with Crippen molar-refractivity contribution in [3.8, 4) is 0 Å². The molecule has 1 amide bonds. The van der Waals surface area contributed by atoms with E-state index < -0.39 is 21.4 Å². The van der Waals surface area contributed by atoms with E-state index in [2.05, 4.69) is 10.3 Å². The maximum atomic E-state index is 13.2. The van der Waals surface area contributed by atoms with Crippen molar-refractivity contribution in [1.29, 1.82) is 0 Å². The highest BCUT2D eigenvalue weighted by atomic mass is 32.2. The number of amides is 1. The summed E-state index contributed by atoms with van der Waals surface area (Å²) >= 11 is 0. The summed E-state index contributed by atoms with van der Waals surface area (Å²) < 4.78 is 27.5. The van der Waals surface area contributed by atoms with Gasteiger partial charge >= 0.3 is 0 Å². The number of hydrogen-bond donors (Lipinski definition) is 2. The van der Waals surface area contributed by atoms with Gasteiger partial charge in [-0.2, -0.15) is 0 Å². The van der Waals surface area contributed by atoms with E-state index in [1.807, 2.05) is 26.0 Å². The second-order valence-electron chi connectivity index (χ2n) is 7.11. The third kappa shape index (κ3) is 4.09. The minimum absolute atomic E-state index is 0.0187. The Labute approximate surface area is 175 Å². The number of H-pyrrole nitrogens is 1. The lowest BCUT2D eigenvalue weighted by Crippen LogP contribution is -2.30. The first-order valence-electron chi connectivity index (χ1n) is 9.75. The predicted molar refractivity (Wildman–Crippen MR) is 119 cm³/mol. The average molecular weight is 428 g/mol. The molecule has 0 aliphatic rings. The number of carbonyl (C=O) groups excluding carboxylic acids is 1. The van der Waals surface area contributed by atoms with Gasteiger partial charge in [-0.25, -0.2) is 8.42 Å². The van der Waals surface area contributed by atoms with Crippen molar-refractivity contribution in [2.45, 2.75) is 31.6 Å². The van der Waals surface area contributed by atoms with Crippen molar-refractivity contribution in [2.75, 3.05) is 17.9 Å². The number of rotatable bonds is 7. The number of sulfonamides is 1. The molecule has 3 aromatic rings. The molecule has 0 atom stereocenters. The number of nitrogens with one attached hydrogen (secondary N) is 2. The summed E-state index contributed by atoms with van der Waals surface area (Å²) in [6.45, 7) is 4.31. The van der Waals surface area contributed by atoms with Crippen molar-refractivity contribution in [3.63, 3.8) is 0 Å². The van der Waals surface area contributed by atoms with E-state index in [0.717, 1.165) is 18.4 Å². The number of para-hydroxylation sites is 1. The number of carbonyl (C=O) groups is 1. The Morgan fingerprint density at radius 1 is 1.17 bits per heavy atom. The first-order valence-corrected chi connectivity index (χ1v) is 11.2. The molecule has 0 fully saturated rings. The van der Waals surface area contributed by atoms with Crippen LogP contribution in [-0.2, 0) is 10.0 Å². The fourth-order valence-corrected chi connectivity index (χ4v) is 4.49. The summed E-state index contributed by atoms with van der Waals surface area (Å²) in [5, 5.41) is 2.86. The number of benzene rings is 2. The molecule has 0 unspecified atom stereocenters. The standard InChI is InChI=1S/C22H25N3O4S/c1-4-5-12-23-22(27)18-14-24-19-11-10-16(13-17(19)21(18)26)30(28,29)25(3)20-9-7-6-8-15(20)2/h6-11,13-14H,4-5,12H2,1-3H3,(H,23,27)(H,24,26). The molecule has 8 heteroatoms. The lowest BCUT2D eigenvalue weighted by Gasteiger charge is -2.21. The maximum Gasteiger partial charge on any atom is 0.264 e. The highest BCUT2D eigenvalue weighted by Gasteiger charge is 2.23. The molecule has 0 saturated carbocycles. The number of hydrogen-bond acceptors (Lipinski definition) is 4. The largest absolute Gasteiger partial charge is 0.360 e. The van der Waals surface area contributed by atoms with Crippen LogP contribution in [0.2, 0.25) is 0 Å². The average Bonchev–Trinajstić information content (AvgIpc) is 2.73. The van der Waals surface area contributed by atoms with Crippen LogP contribution in [0.4, 0.5) is 5.69 Å². The zero-order chi connectivity index (χ0) is 21.9. The lowest BCUT2D eigenvalue weighted by molar-refractivity contribution is 0.0952. The highest BCUT2D eigenvalue weighted by Crippen LogP contribution is 2.26. The number of aryl methyl sites for hydroxylation is 1. The quantitative estimate of drug-likeness (QED) is 0.566. The molecule has 0 aliphatic carbocycles. The van der Waals surface area contributed by atoms with Gasteiger partial charge in [-0.05, 0) is 43.2 Å². The van der Waals surface area contributed by atoms with E-state index in [1.165, 1.54) is 35.7 Å². The van der Waals surface area contributed by atoms with Gasteiger partial charge in [0.2, 0.25) is 5.43 Å². The molecule has 2 N–H and O–H groups in total. The lowest BCUT2D eigenvalue weighted by atomic mass is 10.1. The number of anilines is 1. The van der Waals surface area contributed by atoms with Gasteiger partial charge in [0.25, 0.3) is 15.9 Å². The third-order valence-corrected chi connectivity index (χ3v) is 6.79. The monoisotopic (exact) mass is 427 g/mol. The Morgan fingerprint density at radius 2 is 1.90 bits per heavy atom. The molecule has 0 bridgehead atoms. The van der Waals surface area contributed by atoms with Gasteiger partial charge < -0.3 is 10.3 Å². The van der Waals surface area contributed by atoms with Gasteiger partial charge in [0, 0.05) is 30.7 Å². The highest BCUT2D eigenvalue weighted by molar-refractivity contribution is 7.92. The van der Waals surface area contributed by atoms with Crippen LogP contribution in [0.1, 0.15) is 35.7 Å². The normalized spacial score (nSPS) is 11.4. The van der Waals surface area contributed by atoms with Gasteiger partial charge in [-0.1, -0.05) is 31.5 Å². The Balaban J connectivity index is 2.03. The first-order chi connectivity index (χ1) is 14.3. The van der Waals surface area contributed by atoms with Crippen LogP contribution in [0.25, 0.3) is 10.9 Å². The Kier molecular flexibility index (Phi) is 6.26. The van der Waals surface area contributed by atoms with E-state index in [0.29, 0.717) is 17.7 Å². The molecule has 0 spiro atoms. The number of fused-ring (bicyclic) bond motifs is 1. The van der Waals surface area contributed by atoms with Crippen LogP contribution in [0, 0.1) is 6.92 Å². The summed E-state index contributed by atoms with van der Waals surface area (Å²) in [4.78, 5) is 28.1. The fourth-order valence-electron chi connectivity index (χ4n) is 3.20. The van der Waals surface area contributed by atoms with Gasteiger partial charge in [-0.15, -0.1) is 0 Å². The maximum absolute atomic E-state index is 13.2. The molecule has 0 aliphatic heterocycles. The Morgan fingerprint density at radius 3 is 2.60 bits per heavy atom. The molecule has 0 radical (unpaired) electrons. The van der Waals surface area contributed by atoms with E-state index in [-0.39, 0.29) is 15.8 Å². The minimum atomic E-state index is -3.89. The van der Waals surface area contributed by atoms with Crippen molar-refractivity contribution >= 4 is 32.5 Å². The topological polar surface area (TPSA) is 99.3 Å². The zero-order valence-corrected chi connectivity index (χ0v) is 18.0. The van der Waals surface area contributed by atoms with E-state index in [1.54, 1.807) is 12.1 Å². The number of unbranched alkanes of at least 4 members (excludes halogenated alkanes) is 1. The van der Waals surface area contributed by atoms with Gasteiger partial charge in [0.05, 0.1) is 10.6 Å². The number of pyridine rings is 1. The van der Waals surface area contributed by atoms with Gasteiger partial charge in [0.1, 0.15) is 5.56 Å². The molecule has 7 nitrogen and oxygen atoms in total. The summed E-state index contributed by atoms with van der Waals surface area (Å²) in [5.74, 6) is -0.475. The molecular weight excluding hydrogens is 402 g/mol. The van der Waals surface area contributed by atoms with Crippen LogP contribution in [-0.4, -0.2) is 32.9 Å². The van der Waals surface area contributed by atoms with Crippen LogP contribution in [0.5, 0.6) is 0 Å². The van der Waals surface area contributed by atoms with Crippen LogP contribution < -0.4 is 15.1 Å². The molecule has 30 heavy (non-hydrogen) atoms. The van der Waals surface area contributed by atoms with E-state index in [4.69, 9.17) is 0 Å². The third-order valence-electron chi connectivity index (χ3n) is 5.03. The number of aromatic amines is 1. The van der Waals surface area contributed by atoms with Crippen LogP contribution in [0.3, 0.4) is 0 Å². The van der Waals surface area contributed by atoms with Crippen molar-refractivity contribution in [2.24, 2.45) is 0 Å². The molecule has 1 heterocycles. The van der Waals surface area contributed by atoms with Crippen molar-refractivity contribution < 1.29 is 13.2 Å². The van der Waals surface area contributed by atoms with Gasteiger partial charge in [-0.3, -0.25) is 13.9 Å². The fraction of sp³-hybridized carbons (Fsp3) is 0.273. The number of nitrogens with zero attached hydrogens (tertiary/aromatic N) is 1. The summed E-state index contributed by atoms with van der Waals surface area (Å²) in [6.07, 6.45) is 3.09. The Hall–Kier alpha value is -3.13. The van der Waals surface area contributed by atoms with Crippen LogP contribution >= 0.6 is 0 Å². The molecule has 1 aromatic heterocycles. The summed E-state index contributed by atoms with van der Waals surface area (Å²) in [7, 11) is -2.42. The second-order valence-corrected chi connectivity index (χ2v) is 9.08. The van der Waals surface area contributed by atoms with Crippen molar-refractivity contribution in [1.82, 2.24) is 10.3 Å². The van der Waals surface area contributed by atoms with Crippen LogP contribution in [0.15, 0.2) is 58.4 Å². The molecule has 0 saturated heterocycles. The number of aromatic nitrogens is 1. The molecule has 3 rings (SSSR count). The predicted octanol–water partition coefficient (Wildman–Crippen LogP) is 3.19. The Bertz CT molecular complexity index is 1250. The molecular formula is C22H25N3O4S. The summed E-state index contributed by atoms with van der Waals surface area (Å²) in [5.41, 5.74) is 1.28. The SMILES string of the molecule is CCCCNC(=O)c1c[nH]c2ccc(S(=O)(=O)N(C)c3ccccc3C)cc2c1=O. The smallest absolute Gasteiger partial charge is 0.264 e. The summed E-state index contributed by atoms with van der Waals surface area (Å²) in [6, 6.07) is 11.5. The van der Waals surface area contributed by atoms with E-state index in [9.17, 15) is 18.0 Å². The molecule has 158 valence electrons. The zero-order valence-electron chi connectivity index (χ0n) is 17.2. The van der Waals surface area contributed by atoms with Crippen molar-refractivity contribution in [3.05, 3.63) is 70.0 Å².